The summed E-state index contributed by atoms with van der Waals surface area (Å²) < 4.78 is 18.7. The van der Waals surface area contributed by atoms with Crippen molar-refractivity contribution in [3.05, 3.63) is 65.0 Å². The van der Waals surface area contributed by atoms with Crippen LogP contribution in [0.25, 0.3) is 0 Å². The summed E-state index contributed by atoms with van der Waals surface area (Å²) in [7, 11) is 1.44. The summed E-state index contributed by atoms with van der Waals surface area (Å²) >= 11 is 0. The second kappa shape index (κ2) is 6.53. The van der Waals surface area contributed by atoms with Crippen LogP contribution in [0.2, 0.25) is 0 Å². The van der Waals surface area contributed by atoms with Gasteiger partial charge in [-0.25, -0.2) is 4.39 Å². The van der Waals surface area contributed by atoms with Gasteiger partial charge in [0.15, 0.2) is 11.6 Å². The second-order valence-corrected chi connectivity index (χ2v) is 4.97. The Morgan fingerprint density at radius 3 is 2.60 bits per heavy atom. The van der Waals surface area contributed by atoms with Crippen molar-refractivity contribution in [2.45, 2.75) is 19.3 Å². The summed E-state index contributed by atoms with van der Waals surface area (Å²) in [6, 6.07) is 13.0. The van der Waals surface area contributed by atoms with Crippen molar-refractivity contribution < 1.29 is 14.2 Å². The average Bonchev–Trinajstić information content (AvgIpc) is 2.44. The second-order valence-electron chi connectivity index (χ2n) is 4.97. The number of halogens is 1. The molecule has 3 heteroatoms. The molecule has 2 aromatic rings. The highest BCUT2D eigenvalue weighted by Gasteiger charge is 2.14. The van der Waals surface area contributed by atoms with Crippen LogP contribution in [0.15, 0.2) is 42.5 Å². The van der Waals surface area contributed by atoms with E-state index in [9.17, 15) is 9.50 Å². The molecule has 0 heterocycles. The number of aliphatic hydroxyl groups is 1. The summed E-state index contributed by atoms with van der Waals surface area (Å²) in [5.74, 6) is -0.286. The highest BCUT2D eigenvalue weighted by molar-refractivity contribution is 5.33. The van der Waals surface area contributed by atoms with Gasteiger partial charge in [-0.15, -0.1) is 0 Å². The predicted molar refractivity (Wildman–Crippen MR) is 77.7 cm³/mol. The fourth-order valence-corrected chi connectivity index (χ4v) is 2.35. The first kappa shape index (κ1) is 14.5. The molecule has 1 N–H and O–H groups in total. The Hall–Kier alpha value is -1.87. The van der Waals surface area contributed by atoms with Gasteiger partial charge in [0.05, 0.1) is 13.7 Å². The molecule has 0 saturated heterocycles. The van der Waals surface area contributed by atoms with Crippen LogP contribution in [0.1, 0.15) is 22.6 Å². The van der Waals surface area contributed by atoms with Gasteiger partial charge in [-0.1, -0.05) is 35.9 Å². The number of hydrogen-bond acceptors (Lipinski definition) is 2. The van der Waals surface area contributed by atoms with Gasteiger partial charge < -0.3 is 9.84 Å². The number of hydrogen-bond donors (Lipinski definition) is 1. The van der Waals surface area contributed by atoms with Crippen molar-refractivity contribution in [1.29, 1.82) is 0 Å². The largest absolute Gasteiger partial charge is 0.494 e. The highest BCUT2D eigenvalue weighted by atomic mass is 19.1. The lowest BCUT2D eigenvalue weighted by Crippen LogP contribution is -2.08. The lowest BCUT2D eigenvalue weighted by atomic mass is 9.92. The molecule has 1 unspecified atom stereocenters. The van der Waals surface area contributed by atoms with Gasteiger partial charge in [-0.05, 0) is 36.6 Å². The van der Waals surface area contributed by atoms with Crippen molar-refractivity contribution >= 4 is 0 Å². The Balaban J connectivity index is 2.22. The predicted octanol–water partition coefficient (Wildman–Crippen LogP) is 3.46. The topological polar surface area (TPSA) is 29.5 Å². The van der Waals surface area contributed by atoms with Crippen LogP contribution >= 0.6 is 0 Å². The van der Waals surface area contributed by atoms with Crippen LogP contribution in [0.5, 0.6) is 5.75 Å². The Labute approximate surface area is 118 Å². The van der Waals surface area contributed by atoms with E-state index in [0.717, 1.165) is 11.1 Å². The minimum Gasteiger partial charge on any atom is -0.494 e. The van der Waals surface area contributed by atoms with E-state index in [0.29, 0.717) is 6.42 Å². The number of rotatable bonds is 5. The number of ether oxygens (including phenoxy) is 1. The molecular formula is C17H19FO2. The lowest BCUT2D eigenvalue weighted by Gasteiger charge is -2.16. The molecule has 1 atom stereocenters. The molecule has 0 aliphatic heterocycles. The Morgan fingerprint density at radius 1 is 1.20 bits per heavy atom. The zero-order valence-corrected chi connectivity index (χ0v) is 11.8. The first-order valence-corrected chi connectivity index (χ1v) is 6.64. The van der Waals surface area contributed by atoms with Gasteiger partial charge in [0.2, 0.25) is 0 Å². The normalized spacial score (nSPS) is 12.2. The van der Waals surface area contributed by atoms with Gasteiger partial charge in [0, 0.05) is 5.92 Å². The minimum atomic E-state index is -0.396. The third kappa shape index (κ3) is 3.36. The fraction of sp³-hybridized carbons (Fsp3) is 0.294. The third-order valence-electron chi connectivity index (χ3n) is 3.43. The molecule has 106 valence electrons. The molecule has 0 spiro atoms. The van der Waals surface area contributed by atoms with Gasteiger partial charge in [-0.3, -0.25) is 0 Å². The monoisotopic (exact) mass is 274 g/mol. The van der Waals surface area contributed by atoms with Crippen molar-refractivity contribution in [2.75, 3.05) is 13.7 Å². The van der Waals surface area contributed by atoms with Gasteiger partial charge in [0.25, 0.3) is 0 Å². The smallest absolute Gasteiger partial charge is 0.165 e. The first-order chi connectivity index (χ1) is 9.63. The highest BCUT2D eigenvalue weighted by Crippen LogP contribution is 2.25. The first-order valence-electron chi connectivity index (χ1n) is 6.64. The summed E-state index contributed by atoms with van der Waals surface area (Å²) in [4.78, 5) is 0. The molecule has 0 amide bonds. The van der Waals surface area contributed by atoms with Gasteiger partial charge >= 0.3 is 0 Å². The standard InChI is InChI=1S/C17H19FO2/c1-12-4-3-5-13(8-12)9-15(11-19)14-6-7-17(20-2)16(18)10-14/h3-8,10,15,19H,9,11H2,1-2H3. The van der Waals surface area contributed by atoms with E-state index in [2.05, 4.69) is 6.07 Å². The Morgan fingerprint density at radius 2 is 2.00 bits per heavy atom. The van der Waals surface area contributed by atoms with Crippen LogP contribution < -0.4 is 4.74 Å². The van der Waals surface area contributed by atoms with Gasteiger partial charge in [0.1, 0.15) is 0 Å². The SMILES string of the molecule is COc1ccc(C(CO)Cc2cccc(C)c2)cc1F. The molecule has 0 aromatic heterocycles. The molecule has 0 saturated carbocycles. The van der Waals surface area contributed by atoms with E-state index < -0.39 is 5.82 Å². The van der Waals surface area contributed by atoms with Crippen LogP contribution in [0, 0.1) is 12.7 Å². The zero-order chi connectivity index (χ0) is 14.5. The lowest BCUT2D eigenvalue weighted by molar-refractivity contribution is 0.264. The molecule has 2 rings (SSSR count). The molecular weight excluding hydrogens is 255 g/mol. The molecule has 0 radical (unpaired) electrons. The minimum absolute atomic E-state index is 0.0142. The molecule has 0 fully saturated rings. The van der Waals surface area contributed by atoms with E-state index >= 15 is 0 Å². The Kier molecular flexibility index (Phi) is 4.74. The maximum atomic E-state index is 13.7. The van der Waals surface area contributed by atoms with Crippen LogP contribution in [0.3, 0.4) is 0 Å². The number of benzene rings is 2. The number of methoxy groups -OCH3 is 1. The molecule has 2 nitrogen and oxygen atoms in total. The van der Waals surface area contributed by atoms with E-state index in [1.165, 1.54) is 18.7 Å². The average molecular weight is 274 g/mol. The number of aryl methyl sites for hydroxylation is 1. The van der Waals surface area contributed by atoms with E-state index in [1.54, 1.807) is 12.1 Å². The summed E-state index contributed by atoms with van der Waals surface area (Å²) in [5, 5.41) is 9.57. The van der Waals surface area contributed by atoms with Crippen molar-refractivity contribution in [3.63, 3.8) is 0 Å². The fourth-order valence-electron chi connectivity index (χ4n) is 2.35. The van der Waals surface area contributed by atoms with Gasteiger partial charge in [-0.2, -0.15) is 0 Å². The Bertz CT molecular complexity index is 581. The quantitative estimate of drug-likeness (QED) is 0.904. The molecule has 0 bridgehead atoms. The van der Waals surface area contributed by atoms with Crippen LogP contribution in [0.4, 0.5) is 4.39 Å². The van der Waals surface area contributed by atoms with Crippen molar-refractivity contribution in [1.82, 2.24) is 0 Å². The zero-order valence-electron chi connectivity index (χ0n) is 11.8. The van der Waals surface area contributed by atoms with E-state index in [-0.39, 0.29) is 18.3 Å². The molecule has 20 heavy (non-hydrogen) atoms. The summed E-state index contributed by atoms with van der Waals surface area (Å²) in [5.41, 5.74) is 3.10. The molecule has 0 aliphatic carbocycles. The van der Waals surface area contributed by atoms with E-state index in [1.807, 2.05) is 25.1 Å². The maximum Gasteiger partial charge on any atom is 0.165 e. The molecule has 0 aliphatic rings. The summed E-state index contributed by atoms with van der Waals surface area (Å²) in [6.45, 7) is 2.02. The van der Waals surface area contributed by atoms with Crippen LogP contribution in [-0.2, 0) is 6.42 Å². The summed E-state index contributed by atoms with van der Waals surface area (Å²) in [6.07, 6.45) is 0.684. The maximum absolute atomic E-state index is 13.7. The number of aliphatic hydroxyl groups excluding tert-OH is 1. The van der Waals surface area contributed by atoms with Crippen molar-refractivity contribution in [3.8, 4) is 5.75 Å². The molecule has 2 aromatic carbocycles. The third-order valence-corrected chi connectivity index (χ3v) is 3.43. The van der Waals surface area contributed by atoms with Crippen LogP contribution in [-0.4, -0.2) is 18.8 Å². The van der Waals surface area contributed by atoms with Crippen molar-refractivity contribution in [2.24, 2.45) is 0 Å². The van der Waals surface area contributed by atoms with E-state index in [4.69, 9.17) is 4.74 Å².